The van der Waals surface area contributed by atoms with E-state index in [1.165, 1.54) is 0 Å². The zero-order valence-electron chi connectivity index (χ0n) is 17.5. The standard InChI is InChI=1S/C23H27N3O4S/c1-3-14-24-22(27)19-5-4-15-26(16-19)23(28)18-8-10-20(11-9-18)25-31(29,30)21-12-6-17(2)7-13-21/h3,6-13,19,25H,1,4-5,14-16H2,2H3,(H,24,27)/t19-/m0/s1. The maximum Gasteiger partial charge on any atom is 0.261 e. The topological polar surface area (TPSA) is 95.6 Å². The summed E-state index contributed by atoms with van der Waals surface area (Å²) in [7, 11) is -3.71. The number of nitrogens with zero attached hydrogens (tertiary/aromatic N) is 1. The van der Waals surface area contributed by atoms with Gasteiger partial charge in [0.2, 0.25) is 5.91 Å². The summed E-state index contributed by atoms with van der Waals surface area (Å²) in [5, 5.41) is 2.79. The molecule has 1 fully saturated rings. The number of likely N-dealkylation sites (tertiary alicyclic amines) is 1. The van der Waals surface area contributed by atoms with Crippen LogP contribution in [-0.2, 0) is 14.8 Å². The highest BCUT2D eigenvalue weighted by atomic mass is 32.2. The Kier molecular flexibility index (Phi) is 7.12. The lowest BCUT2D eigenvalue weighted by atomic mass is 9.96. The molecule has 2 amide bonds. The van der Waals surface area contributed by atoms with E-state index in [9.17, 15) is 18.0 Å². The summed E-state index contributed by atoms with van der Waals surface area (Å²) in [6.07, 6.45) is 3.12. The van der Waals surface area contributed by atoms with Gasteiger partial charge in [0, 0.05) is 30.9 Å². The van der Waals surface area contributed by atoms with Crippen LogP contribution in [0.5, 0.6) is 0 Å². The van der Waals surface area contributed by atoms with Crippen molar-refractivity contribution in [3.8, 4) is 0 Å². The number of hydrogen-bond acceptors (Lipinski definition) is 4. The lowest BCUT2D eigenvalue weighted by Crippen LogP contribution is -2.45. The number of hydrogen-bond donors (Lipinski definition) is 2. The molecule has 0 aromatic heterocycles. The fraction of sp³-hybridized carbons (Fsp3) is 0.304. The van der Waals surface area contributed by atoms with Crippen molar-refractivity contribution in [2.75, 3.05) is 24.4 Å². The van der Waals surface area contributed by atoms with Crippen molar-refractivity contribution in [1.82, 2.24) is 10.2 Å². The molecule has 1 atom stereocenters. The van der Waals surface area contributed by atoms with E-state index < -0.39 is 10.0 Å². The van der Waals surface area contributed by atoms with E-state index in [4.69, 9.17) is 0 Å². The SMILES string of the molecule is C=CCNC(=O)[C@H]1CCCN(C(=O)c2ccc(NS(=O)(=O)c3ccc(C)cc3)cc2)C1. The number of benzene rings is 2. The molecule has 7 nitrogen and oxygen atoms in total. The summed E-state index contributed by atoms with van der Waals surface area (Å²) in [5.41, 5.74) is 1.79. The minimum atomic E-state index is -3.71. The second-order valence-corrected chi connectivity index (χ2v) is 9.30. The number of carbonyl (C=O) groups is 2. The van der Waals surface area contributed by atoms with Crippen molar-refractivity contribution in [3.05, 3.63) is 72.3 Å². The molecule has 0 spiro atoms. The largest absolute Gasteiger partial charge is 0.352 e. The number of carbonyl (C=O) groups excluding carboxylic acids is 2. The van der Waals surface area contributed by atoms with E-state index in [1.807, 2.05) is 6.92 Å². The Bertz CT molecular complexity index is 1050. The number of nitrogens with one attached hydrogen (secondary N) is 2. The lowest BCUT2D eigenvalue weighted by Gasteiger charge is -2.32. The van der Waals surface area contributed by atoms with Crippen LogP contribution in [0.15, 0.2) is 66.1 Å². The van der Waals surface area contributed by atoms with Crippen LogP contribution in [0.1, 0.15) is 28.8 Å². The van der Waals surface area contributed by atoms with Crippen molar-refractivity contribution in [3.63, 3.8) is 0 Å². The molecule has 31 heavy (non-hydrogen) atoms. The van der Waals surface area contributed by atoms with Crippen molar-refractivity contribution < 1.29 is 18.0 Å². The van der Waals surface area contributed by atoms with E-state index in [2.05, 4.69) is 16.6 Å². The summed E-state index contributed by atoms with van der Waals surface area (Å²) in [5.74, 6) is -0.481. The van der Waals surface area contributed by atoms with E-state index in [1.54, 1.807) is 59.5 Å². The number of sulfonamides is 1. The Labute approximate surface area is 183 Å². The van der Waals surface area contributed by atoms with Crippen molar-refractivity contribution in [2.45, 2.75) is 24.7 Å². The number of aryl methyl sites for hydroxylation is 1. The quantitative estimate of drug-likeness (QED) is 0.646. The van der Waals surface area contributed by atoms with Crippen LogP contribution in [0, 0.1) is 12.8 Å². The van der Waals surface area contributed by atoms with Gasteiger partial charge in [-0.15, -0.1) is 6.58 Å². The number of piperidine rings is 1. The molecule has 0 aliphatic carbocycles. The summed E-state index contributed by atoms with van der Waals surface area (Å²) < 4.78 is 27.6. The van der Waals surface area contributed by atoms with E-state index in [0.29, 0.717) is 30.9 Å². The highest BCUT2D eigenvalue weighted by Crippen LogP contribution is 2.21. The number of rotatable bonds is 7. The lowest BCUT2D eigenvalue weighted by molar-refractivity contribution is -0.126. The molecule has 164 valence electrons. The molecule has 1 heterocycles. The summed E-state index contributed by atoms with van der Waals surface area (Å²) in [6.45, 7) is 6.83. The summed E-state index contributed by atoms with van der Waals surface area (Å²) in [6, 6.07) is 12.9. The first-order valence-electron chi connectivity index (χ1n) is 10.2. The van der Waals surface area contributed by atoms with Gasteiger partial charge in [0.05, 0.1) is 10.8 Å². The normalized spacial score (nSPS) is 16.4. The van der Waals surface area contributed by atoms with Crippen LogP contribution < -0.4 is 10.0 Å². The van der Waals surface area contributed by atoms with E-state index >= 15 is 0 Å². The van der Waals surface area contributed by atoms with Gasteiger partial charge in [-0.3, -0.25) is 14.3 Å². The second kappa shape index (κ2) is 9.78. The van der Waals surface area contributed by atoms with Crippen LogP contribution in [-0.4, -0.2) is 44.8 Å². The van der Waals surface area contributed by atoms with Gasteiger partial charge in [0.15, 0.2) is 0 Å². The third-order valence-corrected chi connectivity index (χ3v) is 6.61. The molecule has 0 bridgehead atoms. The summed E-state index contributed by atoms with van der Waals surface area (Å²) in [4.78, 5) is 26.9. The molecular weight excluding hydrogens is 414 g/mol. The van der Waals surface area contributed by atoms with Crippen LogP contribution >= 0.6 is 0 Å². The Balaban J connectivity index is 1.65. The molecule has 2 N–H and O–H groups in total. The third-order valence-electron chi connectivity index (χ3n) is 5.22. The first-order valence-corrected chi connectivity index (χ1v) is 11.7. The molecule has 1 saturated heterocycles. The van der Waals surface area contributed by atoms with Gasteiger partial charge in [-0.2, -0.15) is 0 Å². The zero-order valence-corrected chi connectivity index (χ0v) is 18.3. The Morgan fingerprint density at radius 2 is 1.81 bits per heavy atom. The highest BCUT2D eigenvalue weighted by Gasteiger charge is 2.28. The average Bonchev–Trinajstić information content (AvgIpc) is 2.77. The summed E-state index contributed by atoms with van der Waals surface area (Å²) >= 11 is 0. The molecule has 0 saturated carbocycles. The van der Waals surface area contributed by atoms with Crippen molar-refractivity contribution >= 4 is 27.5 Å². The Hall–Kier alpha value is -3.13. The van der Waals surface area contributed by atoms with Crippen LogP contribution in [0.25, 0.3) is 0 Å². The van der Waals surface area contributed by atoms with Gasteiger partial charge in [0.1, 0.15) is 0 Å². The molecule has 2 aromatic rings. The smallest absolute Gasteiger partial charge is 0.261 e. The fourth-order valence-electron chi connectivity index (χ4n) is 3.49. The molecule has 1 aliphatic heterocycles. The zero-order chi connectivity index (χ0) is 22.4. The molecule has 0 unspecified atom stereocenters. The number of anilines is 1. The van der Waals surface area contributed by atoms with Gasteiger partial charge in [-0.05, 0) is 56.2 Å². The predicted octanol–water partition coefficient (Wildman–Crippen LogP) is 2.95. The Morgan fingerprint density at radius 3 is 2.45 bits per heavy atom. The first kappa shape index (κ1) is 22.6. The molecule has 8 heteroatoms. The fourth-order valence-corrected chi connectivity index (χ4v) is 4.55. The molecule has 2 aromatic carbocycles. The molecule has 3 rings (SSSR count). The van der Waals surface area contributed by atoms with Crippen LogP contribution in [0.3, 0.4) is 0 Å². The molecular formula is C23H27N3O4S. The minimum absolute atomic E-state index is 0.0711. The van der Waals surface area contributed by atoms with Gasteiger partial charge >= 0.3 is 0 Å². The van der Waals surface area contributed by atoms with E-state index in [0.717, 1.165) is 18.4 Å². The Morgan fingerprint density at radius 1 is 1.13 bits per heavy atom. The number of amides is 2. The monoisotopic (exact) mass is 441 g/mol. The first-order chi connectivity index (χ1) is 14.8. The maximum absolute atomic E-state index is 12.9. The van der Waals surface area contributed by atoms with Gasteiger partial charge in [0.25, 0.3) is 15.9 Å². The van der Waals surface area contributed by atoms with Gasteiger partial charge in [-0.1, -0.05) is 23.8 Å². The van der Waals surface area contributed by atoms with Crippen LogP contribution in [0.2, 0.25) is 0 Å². The predicted molar refractivity (Wildman–Crippen MR) is 120 cm³/mol. The third kappa shape index (κ3) is 5.73. The average molecular weight is 442 g/mol. The van der Waals surface area contributed by atoms with Crippen molar-refractivity contribution in [2.24, 2.45) is 5.92 Å². The maximum atomic E-state index is 12.9. The molecule has 0 radical (unpaired) electrons. The minimum Gasteiger partial charge on any atom is -0.352 e. The van der Waals surface area contributed by atoms with Crippen molar-refractivity contribution in [1.29, 1.82) is 0 Å². The highest BCUT2D eigenvalue weighted by molar-refractivity contribution is 7.92. The molecule has 1 aliphatic rings. The second-order valence-electron chi connectivity index (χ2n) is 7.62. The van der Waals surface area contributed by atoms with Gasteiger partial charge < -0.3 is 10.2 Å². The van der Waals surface area contributed by atoms with Gasteiger partial charge in [-0.25, -0.2) is 8.42 Å². The van der Waals surface area contributed by atoms with Crippen LogP contribution in [0.4, 0.5) is 5.69 Å². The van der Waals surface area contributed by atoms with E-state index in [-0.39, 0.29) is 22.6 Å².